The van der Waals surface area contributed by atoms with Crippen LogP contribution in [0.2, 0.25) is 0 Å². The van der Waals surface area contributed by atoms with E-state index in [0.717, 1.165) is 32.1 Å². The van der Waals surface area contributed by atoms with E-state index >= 15 is 0 Å². The van der Waals surface area contributed by atoms with E-state index in [2.05, 4.69) is 6.92 Å². The first-order chi connectivity index (χ1) is 11.6. The quantitative estimate of drug-likeness (QED) is 0.179. The van der Waals surface area contributed by atoms with Gasteiger partial charge in [-0.25, -0.2) is 0 Å². The molecule has 0 amide bonds. The summed E-state index contributed by atoms with van der Waals surface area (Å²) in [4.78, 5) is 10.3. The zero-order chi connectivity index (χ0) is 18.0. The second-order valence-electron chi connectivity index (χ2n) is 5.76. The molecule has 0 unspecified atom stereocenters. The lowest BCUT2D eigenvalue weighted by atomic mass is 10.1. The molecule has 0 aromatic heterocycles. The fourth-order valence-corrected chi connectivity index (χ4v) is 2.01. The molecule has 0 aliphatic carbocycles. The number of aliphatic hydroxyl groups excluding tert-OH is 2. The van der Waals surface area contributed by atoms with Crippen molar-refractivity contribution in [2.24, 2.45) is 0 Å². The molecule has 0 saturated heterocycles. The summed E-state index contributed by atoms with van der Waals surface area (Å²) in [6.07, 6.45) is 19.1. The first-order valence-corrected chi connectivity index (χ1v) is 8.82. The minimum Gasteiger partial charge on any atom is -0.513 e. The summed E-state index contributed by atoms with van der Waals surface area (Å²) in [5.74, 6) is -0.327. The minimum atomic E-state index is -0.773. The van der Waals surface area contributed by atoms with E-state index in [1.807, 2.05) is 30.4 Å². The number of carbonyl (C=O) groups is 1. The fourth-order valence-electron chi connectivity index (χ4n) is 2.01. The predicted molar refractivity (Wildman–Crippen MR) is 99.0 cm³/mol. The largest absolute Gasteiger partial charge is 0.513 e. The van der Waals surface area contributed by atoms with Gasteiger partial charge in [-0.1, -0.05) is 56.2 Å². The molecule has 136 valence electrons. The normalized spacial score (nSPS) is 14.2. The van der Waals surface area contributed by atoms with E-state index in [0.29, 0.717) is 25.0 Å². The number of aliphatic carboxylic acids is 1. The van der Waals surface area contributed by atoms with Gasteiger partial charge < -0.3 is 15.3 Å². The van der Waals surface area contributed by atoms with Crippen LogP contribution in [0, 0.1) is 0 Å². The smallest absolute Gasteiger partial charge is 0.303 e. The van der Waals surface area contributed by atoms with Crippen molar-refractivity contribution in [3.8, 4) is 0 Å². The Kier molecular flexibility index (Phi) is 14.9. The van der Waals surface area contributed by atoms with Gasteiger partial charge in [0.1, 0.15) is 0 Å². The third kappa shape index (κ3) is 16.6. The highest BCUT2D eigenvalue weighted by Gasteiger charge is 1.95. The molecule has 3 N–H and O–H groups in total. The number of rotatable bonds is 14. The van der Waals surface area contributed by atoms with E-state index in [9.17, 15) is 15.0 Å². The van der Waals surface area contributed by atoms with Gasteiger partial charge in [0.05, 0.1) is 11.9 Å². The molecule has 4 heteroatoms. The van der Waals surface area contributed by atoms with Crippen molar-refractivity contribution in [1.82, 2.24) is 0 Å². The lowest BCUT2D eigenvalue weighted by Gasteiger charge is -2.00. The molecule has 0 saturated carbocycles. The van der Waals surface area contributed by atoms with Crippen molar-refractivity contribution >= 4 is 5.97 Å². The van der Waals surface area contributed by atoms with Crippen molar-refractivity contribution in [2.45, 2.75) is 70.8 Å². The average molecular weight is 336 g/mol. The van der Waals surface area contributed by atoms with Crippen LogP contribution < -0.4 is 0 Å². The second-order valence-corrected chi connectivity index (χ2v) is 5.76. The van der Waals surface area contributed by atoms with Crippen LogP contribution in [0.3, 0.4) is 0 Å². The van der Waals surface area contributed by atoms with Gasteiger partial charge in [-0.15, -0.1) is 0 Å². The first-order valence-electron chi connectivity index (χ1n) is 8.82. The van der Waals surface area contributed by atoms with Crippen molar-refractivity contribution < 1.29 is 20.1 Å². The summed E-state index contributed by atoms with van der Waals surface area (Å²) in [6.45, 7) is 2.14. The maximum Gasteiger partial charge on any atom is 0.303 e. The van der Waals surface area contributed by atoms with Crippen LogP contribution in [-0.2, 0) is 4.79 Å². The van der Waals surface area contributed by atoms with Crippen LogP contribution in [0.25, 0.3) is 0 Å². The van der Waals surface area contributed by atoms with E-state index in [-0.39, 0.29) is 6.42 Å². The van der Waals surface area contributed by atoms with Crippen molar-refractivity contribution in [2.75, 3.05) is 0 Å². The van der Waals surface area contributed by atoms with Crippen LogP contribution in [0.15, 0.2) is 48.3 Å². The van der Waals surface area contributed by atoms with Crippen LogP contribution >= 0.6 is 0 Å². The van der Waals surface area contributed by atoms with E-state index in [1.165, 1.54) is 0 Å². The molecule has 0 radical (unpaired) electrons. The molecular weight excluding hydrogens is 304 g/mol. The molecule has 1 atom stereocenters. The molecule has 0 aliphatic heterocycles. The van der Waals surface area contributed by atoms with Gasteiger partial charge in [0.25, 0.3) is 0 Å². The Hall–Kier alpha value is -1.81. The molecule has 0 aromatic rings. The molecule has 4 nitrogen and oxygen atoms in total. The van der Waals surface area contributed by atoms with Gasteiger partial charge in [-0.2, -0.15) is 0 Å². The molecular formula is C20H32O4. The third-order valence-corrected chi connectivity index (χ3v) is 3.41. The summed E-state index contributed by atoms with van der Waals surface area (Å²) in [6, 6.07) is 0. The number of hydrogen-bond donors (Lipinski definition) is 3. The summed E-state index contributed by atoms with van der Waals surface area (Å²) >= 11 is 0. The van der Waals surface area contributed by atoms with Gasteiger partial charge in [-0.3, -0.25) is 4.79 Å². The Bertz CT molecular complexity index is 433. The molecule has 0 heterocycles. The number of carboxylic acids is 1. The number of aliphatic hydroxyl groups is 2. The highest BCUT2D eigenvalue weighted by atomic mass is 16.4. The maximum atomic E-state index is 10.3. The first kappa shape index (κ1) is 22.2. The number of unbranched alkanes of at least 4 members (excludes halogenated alkanes) is 3. The minimum absolute atomic E-state index is 0.185. The molecule has 0 aliphatic rings. The SMILES string of the molecule is CCCCC/C(O)=C\C/C=C\C[C@H](O)/C=C/C=C\CCCC(=O)O. The number of carboxylic acid groups (broad SMARTS) is 1. The van der Waals surface area contributed by atoms with Gasteiger partial charge >= 0.3 is 5.97 Å². The Labute approximate surface area is 145 Å². The highest BCUT2D eigenvalue weighted by molar-refractivity contribution is 5.66. The number of hydrogen-bond acceptors (Lipinski definition) is 3. The van der Waals surface area contributed by atoms with E-state index in [1.54, 1.807) is 12.2 Å². The van der Waals surface area contributed by atoms with Crippen molar-refractivity contribution in [3.05, 3.63) is 48.3 Å². The Morgan fingerprint density at radius 3 is 2.50 bits per heavy atom. The average Bonchev–Trinajstić information content (AvgIpc) is 2.53. The molecule has 0 fully saturated rings. The van der Waals surface area contributed by atoms with Crippen molar-refractivity contribution in [3.63, 3.8) is 0 Å². The lowest BCUT2D eigenvalue weighted by molar-refractivity contribution is -0.137. The molecule has 0 bridgehead atoms. The molecule has 24 heavy (non-hydrogen) atoms. The molecule has 0 spiro atoms. The monoisotopic (exact) mass is 336 g/mol. The van der Waals surface area contributed by atoms with Crippen molar-refractivity contribution in [1.29, 1.82) is 0 Å². The van der Waals surface area contributed by atoms with Crippen LogP contribution in [0.4, 0.5) is 0 Å². The maximum absolute atomic E-state index is 10.3. The molecule has 0 aromatic carbocycles. The van der Waals surface area contributed by atoms with E-state index in [4.69, 9.17) is 5.11 Å². The predicted octanol–water partition coefficient (Wildman–Crippen LogP) is 5.07. The topological polar surface area (TPSA) is 77.8 Å². The Morgan fingerprint density at radius 2 is 1.79 bits per heavy atom. The zero-order valence-corrected chi connectivity index (χ0v) is 14.7. The van der Waals surface area contributed by atoms with Gasteiger partial charge in [0.2, 0.25) is 0 Å². The van der Waals surface area contributed by atoms with Crippen LogP contribution in [0.5, 0.6) is 0 Å². The van der Waals surface area contributed by atoms with Gasteiger partial charge in [-0.05, 0) is 38.2 Å². The Morgan fingerprint density at radius 1 is 1.00 bits per heavy atom. The summed E-state index contributed by atoms with van der Waals surface area (Å²) < 4.78 is 0. The standard InChI is InChI=1S/C20H32O4/c1-2-3-8-13-18(21)15-10-7-11-16-19(22)14-9-5-4-6-12-17-20(23)24/h4-5,7,9,11,14-15,19,21-22H,2-3,6,8,10,12-13,16-17H2,1H3,(H,23,24)/b5-4-,11-7-,14-9+,18-15+/t19-/m1/s1. The summed E-state index contributed by atoms with van der Waals surface area (Å²) in [5.41, 5.74) is 0. The number of allylic oxidation sites excluding steroid dienone is 6. The Balaban J connectivity index is 3.78. The van der Waals surface area contributed by atoms with E-state index < -0.39 is 12.1 Å². The third-order valence-electron chi connectivity index (χ3n) is 3.41. The highest BCUT2D eigenvalue weighted by Crippen LogP contribution is 2.07. The fraction of sp³-hybridized carbons (Fsp3) is 0.550. The summed E-state index contributed by atoms with van der Waals surface area (Å²) in [7, 11) is 0. The van der Waals surface area contributed by atoms with Gasteiger partial charge in [0.15, 0.2) is 0 Å². The molecule has 0 rings (SSSR count). The van der Waals surface area contributed by atoms with Crippen LogP contribution in [0.1, 0.15) is 64.7 Å². The van der Waals surface area contributed by atoms with Crippen LogP contribution in [-0.4, -0.2) is 27.4 Å². The summed E-state index contributed by atoms with van der Waals surface area (Å²) in [5, 5.41) is 27.9. The van der Waals surface area contributed by atoms with Gasteiger partial charge in [0, 0.05) is 12.8 Å². The lowest BCUT2D eigenvalue weighted by Crippen LogP contribution is -1.98. The second kappa shape index (κ2) is 16.1. The zero-order valence-electron chi connectivity index (χ0n) is 14.7.